The fraction of sp³-hybridized carbons (Fsp3) is 0.0286. The van der Waals surface area contributed by atoms with E-state index in [9.17, 15) is 0 Å². The molecule has 0 bridgehead atoms. The summed E-state index contributed by atoms with van der Waals surface area (Å²) in [6.07, 6.45) is 0. The van der Waals surface area contributed by atoms with Gasteiger partial charge in [-0.3, -0.25) is 0 Å². The highest BCUT2D eigenvalue weighted by atomic mass is 32.1. The lowest BCUT2D eigenvalue weighted by Crippen LogP contribution is -2.54. The predicted octanol–water partition coefficient (Wildman–Crippen LogP) is 9.74. The Morgan fingerprint density at radius 2 is 1.40 bits per heavy atom. The number of nitrogens with zero attached hydrogens (tertiary/aromatic N) is 2. The number of hydrogen-bond donors (Lipinski definition) is 0. The van der Waals surface area contributed by atoms with Crippen LogP contribution in [0.5, 0.6) is 0 Å². The minimum Gasteiger partial charge on any atom is -0.358 e. The quantitative estimate of drug-likeness (QED) is 0.190. The van der Waals surface area contributed by atoms with Crippen molar-refractivity contribution in [1.82, 2.24) is 0 Å². The van der Waals surface area contributed by atoms with Gasteiger partial charge in [-0.1, -0.05) is 78.4 Å². The molecule has 3 aliphatic rings. The van der Waals surface area contributed by atoms with Crippen LogP contribution in [0.25, 0.3) is 53.6 Å². The van der Waals surface area contributed by atoms with Gasteiger partial charge in [0.1, 0.15) is 5.00 Å². The SMILES string of the molecule is Cc1ccc2c(c1)-c1c(sc3ccccc13)B1N2c2sc3cccc4c3c2N1c1ccc(-c2ccccc2)cc1-4. The standard InChI is InChI=1S/C35H21BN2S2/c1-20-14-16-28-26(18-20)31-24-10-5-6-12-29(24)39-34(31)36-37-27-17-15-22(21-8-3-2-4-9-21)19-25(27)23-11-7-13-30-32(23)33(37)35(40-30)38(28)36/h2-19H,1H3. The third-order valence-electron chi connectivity index (χ3n) is 8.81. The number of benzene rings is 5. The van der Waals surface area contributed by atoms with E-state index in [4.69, 9.17) is 0 Å². The van der Waals surface area contributed by atoms with Gasteiger partial charge in [0.05, 0.1) is 5.69 Å². The monoisotopic (exact) mass is 544 g/mol. The average Bonchev–Trinajstić information content (AvgIpc) is 3.67. The number of hydrogen-bond acceptors (Lipinski definition) is 4. The Morgan fingerprint density at radius 1 is 0.600 bits per heavy atom. The first-order chi connectivity index (χ1) is 19.8. The summed E-state index contributed by atoms with van der Waals surface area (Å²) in [6.45, 7) is 2.31. The summed E-state index contributed by atoms with van der Waals surface area (Å²) in [6, 6.07) is 40.6. The van der Waals surface area contributed by atoms with E-state index < -0.39 is 0 Å². The largest absolute Gasteiger partial charge is 0.432 e. The van der Waals surface area contributed by atoms with Crippen molar-refractivity contribution in [3.05, 3.63) is 115 Å². The van der Waals surface area contributed by atoms with Crippen LogP contribution in [0.3, 0.4) is 0 Å². The molecule has 0 radical (unpaired) electrons. The summed E-state index contributed by atoms with van der Waals surface area (Å²) in [5.74, 6) is 0. The van der Waals surface area contributed by atoms with Gasteiger partial charge in [0, 0.05) is 47.6 Å². The fourth-order valence-corrected chi connectivity index (χ4v) is 9.72. The molecule has 2 aromatic heterocycles. The molecule has 0 aliphatic carbocycles. The van der Waals surface area contributed by atoms with Crippen LogP contribution in [0, 0.1) is 6.92 Å². The molecule has 7 aromatic rings. The molecule has 5 heteroatoms. The summed E-state index contributed by atoms with van der Waals surface area (Å²) < 4.78 is 4.16. The molecule has 10 rings (SSSR count). The van der Waals surface area contributed by atoms with Crippen molar-refractivity contribution < 1.29 is 0 Å². The number of thiophene rings is 2. The Hall–Kier alpha value is -4.32. The van der Waals surface area contributed by atoms with Gasteiger partial charge in [-0.2, -0.15) is 0 Å². The molecule has 186 valence electrons. The van der Waals surface area contributed by atoms with Gasteiger partial charge < -0.3 is 9.62 Å². The third-order valence-corrected chi connectivity index (χ3v) is 11.2. The molecule has 0 unspecified atom stereocenters. The number of rotatable bonds is 1. The molecular weight excluding hydrogens is 523 g/mol. The number of aryl methyl sites for hydroxylation is 1. The smallest absolute Gasteiger partial charge is 0.358 e. The zero-order valence-corrected chi connectivity index (χ0v) is 23.3. The van der Waals surface area contributed by atoms with Gasteiger partial charge in [-0.15, -0.1) is 22.7 Å². The molecule has 0 spiro atoms. The molecule has 40 heavy (non-hydrogen) atoms. The first-order valence-electron chi connectivity index (χ1n) is 13.7. The van der Waals surface area contributed by atoms with Crippen molar-refractivity contribution in [1.29, 1.82) is 0 Å². The molecule has 2 nitrogen and oxygen atoms in total. The Morgan fingerprint density at radius 3 is 2.33 bits per heavy atom. The molecule has 0 N–H and O–H groups in total. The van der Waals surface area contributed by atoms with Crippen molar-refractivity contribution in [2.45, 2.75) is 6.92 Å². The zero-order valence-electron chi connectivity index (χ0n) is 21.7. The van der Waals surface area contributed by atoms with Crippen LogP contribution < -0.4 is 14.4 Å². The van der Waals surface area contributed by atoms with E-state index >= 15 is 0 Å². The van der Waals surface area contributed by atoms with Crippen LogP contribution in [0.4, 0.5) is 22.1 Å². The maximum absolute atomic E-state index is 2.66. The molecule has 3 aliphatic heterocycles. The lowest BCUT2D eigenvalue weighted by Gasteiger charge is -2.37. The van der Waals surface area contributed by atoms with Crippen LogP contribution in [-0.2, 0) is 0 Å². The number of fused-ring (bicyclic) bond motifs is 13. The maximum Gasteiger partial charge on any atom is 0.432 e. The molecule has 0 atom stereocenters. The van der Waals surface area contributed by atoms with Crippen LogP contribution in [0.2, 0.25) is 0 Å². The van der Waals surface area contributed by atoms with Crippen molar-refractivity contribution in [3.8, 4) is 33.4 Å². The van der Waals surface area contributed by atoms with Gasteiger partial charge in [-0.05, 0) is 65.4 Å². The maximum atomic E-state index is 2.66. The van der Waals surface area contributed by atoms with Gasteiger partial charge in [0.25, 0.3) is 0 Å². The molecule has 0 amide bonds. The topological polar surface area (TPSA) is 6.48 Å². The normalized spacial score (nSPS) is 14.0. The van der Waals surface area contributed by atoms with Crippen molar-refractivity contribution >= 4 is 76.7 Å². The van der Waals surface area contributed by atoms with Crippen molar-refractivity contribution in [2.75, 3.05) is 9.62 Å². The number of anilines is 4. The fourth-order valence-electron chi connectivity index (χ4n) is 7.16. The van der Waals surface area contributed by atoms with E-state index in [0.29, 0.717) is 0 Å². The van der Waals surface area contributed by atoms with Gasteiger partial charge in [0.15, 0.2) is 0 Å². The van der Waals surface area contributed by atoms with Gasteiger partial charge in [-0.25, -0.2) is 0 Å². The lowest BCUT2D eigenvalue weighted by molar-refractivity contribution is 1.37. The molecular formula is C35H21BN2S2. The summed E-state index contributed by atoms with van der Waals surface area (Å²) in [5, 5.41) is 4.12. The second-order valence-corrected chi connectivity index (χ2v) is 13.1. The lowest BCUT2D eigenvalue weighted by atomic mass is 9.64. The first-order valence-corrected chi connectivity index (χ1v) is 15.4. The van der Waals surface area contributed by atoms with E-state index in [2.05, 4.69) is 126 Å². The van der Waals surface area contributed by atoms with Gasteiger partial charge >= 0.3 is 6.98 Å². The second kappa shape index (κ2) is 7.45. The average molecular weight is 545 g/mol. The van der Waals surface area contributed by atoms with Crippen LogP contribution >= 0.6 is 22.7 Å². The van der Waals surface area contributed by atoms with Crippen LogP contribution in [0.1, 0.15) is 5.56 Å². The highest BCUT2D eigenvalue weighted by molar-refractivity contribution is 7.32. The Kier molecular flexibility index (Phi) is 4.00. The minimum absolute atomic E-state index is 0.0999. The van der Waals surface area contributed by atoms with E-state index in [1.54, 1.807) is 0 Å². The van der Waals surface area contributed by atoms with Crippen molar-refractivity contribution in [3.63, 3.8) is 0 Å². The Balaban J connectivity index is 1.32. The van der Waals surface area contributed by atoms with E-state index in [0.717, 1.165) is 0 Å². The van der Waals surface area contributed by atoms with Crippen molar-refractivity contribution in [2.24, 2.45) is 0 Å². The molecule has 5 heterocycles. The highest BCUT2D eigenvalue weighted by Gasteiger charge is 2.53. The third kappa shape index (κ3) is 2.55. The highest BCUT2D eigenvalue weighted by Crippen LogP contribution is 2.63. The van der Waals surface area contributed by atoms with E-state index in [1.807, 2.05) is 22.7 Å². The minimum atomic E-state index is 0.0999. The van der Waals surface area contributed by atoms with Crippen LogP contribution in [0.15, 0.2) is 109 Å². The van der Waals surface area contributed by atoms with Crippen LogP contribution in [-0.4, -0.2) is 6.98 Å². The molecule has 0 fully saturated rings. The summed E-state index contributed by atoms with van der Waals surface area (Å²) >= 11 is 3.90. The molecule has 0 saturated heterocycles. The van der Waals surface area contributed by atoms with Gasteiger partial charge in [0.2, 0.25) is 0 Å². The first kappa shape index (κ1) is 21.5. The van der Waals surface area contributed by atoms with E-state index in [-0.39, 0.29) is 6.98 Å². The molecule has 0 saturated carbocycles. The van der Waals surface area contributed by atoms with E-state index in [1.165, 1.54) is 86.0 Å². The second-order valence-electron chi connectivity index (χ2n) is 11.0. The predicted molar refractivity (Wildman–Crippen MR) is 174 cm³/mol. The summed E-state index contributed by atoms with van der Waals surface area (Å²) in [5.41, 5.74) is 13.2. The Labute approximate surface area is 240 Å². The molecule has 5 aromatic carbocycles. The summed E-state index contributed by atoms with van der Waals surface area (Å²) in [4.78, 5) is 5.29. The summed E-state index contributed by atoms with van der Waals surface area (Å²) in [7, 11) is 0. The Bertz CT molecular complexity index is 2210. The zero-order chi connectivity index (χ0) is 26.1.